The van der Waals surface area contributed by atoms with Crippen LogP contribution in [0.4, 0.5) is 14.5 Å². The fourth-order valence-electron chi connectivity index (χ4n) is 2.34. The Morgan fingerprint density at radius 1 is 1.44 bits per heavy atom. The number of benzene rings is 1. The minimum absolute atomic E-state index is 0.0163. The monoisotopic (exact) mass is 256 g/mol. The highest BCUT2D eigenvalue weighted by atomic mass is 19.3. The maximum absolute atomic E-state index is 13.3. The Morgan fingerprint density at radius 2 is 2.22 bits per heavy atom. The van der Waals surface area contributed by atoms with Gasteiger partial charge in [-0.2, -0.15) is 0 Å². The molecule has 3 nitrogen and oxygen atoms in total. The SMILES string of the molecule is COc1ccc(N)cc1CN1CCCC(F)(F)C1. The van der Waals surface area contributed by atoms with Crippen molar-refractivity contribution in [2.45, 2.75) is 25.3 Å². The first-order valence-corrected chi connectivity index (χ1v) is 6.03. The first kappa shape index (κ1) is 13.1. The average molecular weight is 256 g/mol. The van der Waals surface area contributed by atoms with Gasteiger partial charge in [0.25, 0.3) is 5.92 Å². The van der Waals surface area contributed by atoms with E-state index in [2.05, 4.69) is 0 Å². The molecule has 0 bridgehead atoms. The van der Waals surface area contributed by atoms with Gasteiger partial charge < -0.3 is 10.5 Å². The van der Waals surface area contributed by atoms with Crippen LogP contribution in [0.1, 0.15) is 18.4 Å². The number of anilines is 1. The number of piperidine rings is 1. The Labute approximate surface area is 106 Å². The van der Waals surface area contributed by atoms with E-state index in [0.717, 1.165) is 5.56 Å². The molecule has 1 aliphatic heterocycles. The van der Waals surface area contributed by atoms with Gasteiger partial charge >= 0.3 is 0 Å². The predicted molar refractivity (Wildman–Crippen MR) is 66.9 cm³/mol. The molecule has 1 aromatic carbocycles. The van der Waals surface area contributed by atoms with E-state index in [0.29, 0.717) is 30.9 Å². The molecule has 0 atom stereocenters. The molecule has 0 aromatic heterocycles. The van der Waals surface area contributed by atoms with Crippen LogP contribution in [0.3, 0.4) is 0 Å². The summed E-state index contributed by atoms with van der Waals surface area (Å²) in [6.07, 6.45) is 0.509. The Kier molecular flexibility index (Phi) is 3.71. The van der Waals surface area contributed by atoms with Gasteiger partial charge in [-0.25, -0.2) is 8.78 Å². The molecule has 1 fully saturated rings. The number of alkyl halides is 2. The predicted octanol–water partition coefficient (Wildman–Crippen LogP) is 2.51. The zero-order chi connectivity index (χ0) is 13.2. The molecule has 1 aliphatic rings. The number of nitrogens with zero attached hydrogens (tertiary/aromatic N) is 1. The molecule has 1 heterocycles. The Hall–Kier alpha value is -1.36. The normalized spacial score (nSPS) is 19.7. The van der Waals surface area contributed by atoms with E-state index in [9.17, 15) is 8.78 Å². The van der Waals surface area contributed by atoms with Crippen LogP contribution in [0.2, 0.25) is 0 Å². The van der Waals surface area contributed by atoms with Gasteiger partial charge in [0.05, 0.1) is 13.7 Å². The molecule has 5 heteroatoms. The molecule has 0 spiro atoms. The van der Waals surface area contributed by atoms with E-state index in [1.807, 2.05) is 0 Å². The number of likely N-dealkylation sites (tertiary alicyclic amines) is 1. The number of rotatable bonds is 3. The van der Waals surface area contributed by atoms with Gasteiger partial charge in [0, 0.05) is 24.2 Å². The van der Waals surface area contributed by atoms with Crippen LogP contribution in [0.15, 0.2) is 18.2 Å². The van der Waals surface area contributed by atoms with E-state index in [4.69, 9.17) is 10.5 Å². The molecule has 100 valence electrons. The van der Waals surface area contributed by atoms with Crippen LogP contribution >= 0.6 is 0 Å². The van der Waals surface area contributed by atoms with Crippen molar-refractivity contribution < 1.29 is 13.5 Å². The van der Waals surface area contributed by atoms with E-state index >= 15 is 0 Å². The van der Waals surface area contributed by atoms with Crippen molar-refractivity contribution in [3.8, 4) is 5.75 Å². The van der Waals surface area contributed by atoms with Gasteiger partial charge in [-0.05, 0) is 31.2 Å². The summed E-state index contributed by atoms with van der Waals surface area (Å²) in [6.45, 7) is 0.947. The third-order valence-electron chi connectivity index (χ3n) is 3.17. The largest absolute Gasteiger partial charge is 0.496 e. The van der Waals surface area contributed by atoms with E-state index in [1.54, 1.807) is 30.2 Å². The molecule has 0 amide bonds. The second-order valence-corrected chi connectivity index (χ2v) is 4.74. The first-order chi connectivity index (χ1) is 8.50. The van der Waals surface area contributed by atoms with Gasteiger partial charge in [0.1, 0.15) is 5.75 Å². The smallest absolute Gasteiger partial charge is 0.260 e. The zero-order valence-electron chi connectivity index (χ0n) is 10.5. The number of halogens is 2. The van der Waals surface area contributed by atoms with Crippen LogP contribution in [-0.4, -0.2) is 31.0 Å². The van der Waals surface area contributed by atoms with Crippen molar-refractivity contribution in [3.05, 3.63) is 23.8 Å². The molecular formula is C13H18F2N2O. The molecule has 2 N–H and O–H groups in total. The van der Waals surface area contributed by atoms with E-state index in [-0.39, 0.29) is 13.0 Å². The average Bonchev–Trinajstić information content (AvgIpc) is 2.28. The van der Waals surface area contributed by atoms with Crippen LogP contribution in [0.25, 0.3) is 0 Å². The minimum atomic E-state index is -2.58. The van der Waals surface area contributed by atoms with Crippen LogP contribution in [-0.2, 0) is 6.54 Å². The second kappa shape index (κ2) is 5.10. The van der Waals surface area contributed by atoms with Crippen molar-refractivity contribution in [1.82, 2.24) is 4.90 Å². The first-order valence-electron chi connectivity index (χ1n) is 6.03. The van der Waals surface area contributed by atoms with E-state index in [1.165, 1.54) is 0 Å². The molecular weight excluding hydrogens is 238 g/mol. The lowest BCUT2D eigenvalue weighted by molar-refractivity contribution is -0.0662. The third kappa shape index (κ3) is 3.10. The van der Waals surface area contributed by atoms with E-state index < -0.39 is 5.92 Å². The summed E-state index contributed by atoms with van der Waals surface area (Å²) in [5.74, 6) is -1.88. The molecule has 0 unspecified atom stereocenters. The van der Waals surface area contributed by atoms with Gasteiger partial charge in [-0.15, -0.1) is 0 Å². The summed E-state index contributed by atoms with van der Waals surface area (Å²) in [5.41, 5.74) is 7.20. The number of nitrogen functional groups attached to an aromatic ring is 1. The summed E-state index contributed by atoms with van der Waals surface area (Å²) >= 11 is 0. The van der Waals surface area contributed by atoms with Crippen LogP contribution < -0.4 is 10.5 Å². The topological polar surface area (TPSA) is 38.5 Å². The minimum Gasteiger partial charge on any atom is -0.496 e. The van der Waals surface area contributed by atoms with Crippen molar-refractivity contribution in [1.29, 1.82) is 0 Å². The molecule has 0 radical (unpaired) electrons. The summed E-state index contributed by atoms with van der Waals surface area (Å²) in [5, 5.41) is 0. The summed E-state index contributed by atoms with van der Waals surface area (Å²) in [4.78, 5) is 1.75. The quantitative estimate of drug-likeness (QED) is 0.844. The molecule has 1 aromatic rings. The highest BCUT2D eigenvalue weighted by molar-refractivity contribution is 5.47. The molecule has 18 heavy (non-hydrogen) atoms. The maximum atomic E-state index is 13.3. The summed E-state index contributed by atoms with van der Waals surface area (Å²) < 4.78 is 31.9. The van der Waals surface area contributed by atoms with Crippen molar-refractivity contribution in [2.24, 2.45) is 0 Å². The number of nitrogens with two attached hydrogens (primary N) is 1. The Balaban J connectivity index is 2.11. The number of hydrogen-bond acceptors (Lipinski definition) is 3. The number of methoxy groups -OCH3 is 1. The van der Waals surface area contributed by atoms with Crippen LogP contribution in [0.5, 0.6) is 5.75 Å². The Bertz CT molecular complexity index is 423. The van der Waals surface area contributed by atoms with Crippen molar-refractivity contribution in [2.75, 3.05) is 25.9 Å². The van der Waals surface area contributed by atoms with Gasteiger partial charge in [-0.1, -0.05) is 0 Å². The molecule has 0 aliphatic carbocycles. The van der Waals surface area contributed by atoms with Crippen molar-refractivity contribution >= 4 is 5.69 Å². The fourth-order valence-corrected chi connectivity index (χ4v) is 2.34. The standard InChI is InChI=1S/C13H18F2N2O/c1-18-12-4-3-11(16)7-10(12)8-17-6-2-5-13(14,15)9-17/h3-4,7H,2,5-6,8-9,16H2,1H3. The lowest BCUT2D eigenvalue weighted by atomic mass is 10.1. The lowest BCUT2D eigenvalue weighted by Gasteiger charge is -2.32. The van der Waals surface area contributed by atoms with Gasteiger partial charge in [-0.3, -0.25) is 4.90 Å². The Morgan fingerprint density at radius 3 is 2.89 bits per heavy atom. The molecule has 2 rings (SSSR count). The fraction of sp³-hybridized carbons (Fsp3) is 0.538. The summed E-state index contributed by atoms with van der Waals surface area (Å²) in [6, 6.07) is 5.30. The number of ether oxygens (including phenoxy) is 1. The molecule has 0 saturated carbocycles. The molecule has 1 saturated heterocycles. The highest BCUT2D eigenvalue weighted by Crippen LogP contribution is 2.29. The maximum Gasteiger partial charge on any atom is 0.260 e. The van der Waals surface area contributed by atoms with Crippen LogP contribution in [0, 0.1) is 0 Å². The second-order valence-electron chi connectivity index (χ2n) is 4.74. The lowest BCUT2D eigenvalue weighted by Crippen LogP contribution is -2.42. The number of hydrogen-bond donors (Lipinski definition) is 1. The van der Waals surface area contributed by atoms with Crippen molar-refractivity contribution in [3.63, 3.8) is 0 Å². The zero-order valence-corrected chi connectivity index (χ0v) is 10.5. The van der Waals surface area contributed by atoms with Gasteiger partial charge in [0.15, 0.2) is 0 Å². The summed E-state index contributed by atoms with van der Waals surface area (Å²) in [7, 11) is 1.57. The highest BCUT2D eigenvalue weighted by Gasteiger charge is 2.35. The van der Waals surface area contributed by atoms with Gasteiger partial charge in [0.2, 0.25) is 0 Å². The third-order valence-corrected chi connectivity index (χ3v) is 3.17.